The second kappa shape index (κ2) is 4.98. The molecule has 2 rings (SSSR count). The van der Waals surface area contributed by atoms with E-state index in [0.29, 0.717) is 10.6 Å². The van der Waals surface area contributed by atoms with Crippen LogP contribution in [0.2, 0.25) is 5.02 Å². The fraction of sp³-hybridized carbons (Fsp3) is 0.0769. The van der Waals surface area contributed by atoms with E-state index in [9.17, 15) is 4.39 Å². The number of halogens is 3. The summed E-state index contributed by atoms with van der Waals surface area (Å²) in [6, 6.07) is 13.2. The van der Waals surface area contributed by atoms with Crippen LogP contribution in [0.4, 0.5) is 4.39 Å². The molecule has 0 unspecified atom stereocenters. The summed E-state index contributed by atoms with van der Waals surface area (Å²) in [7, 11) is 0. The highest BCUT2D eigenvalue weighted by atomic mass is 79.9. The van der Waals surface area contributed by atoms with Crippen LogP contribution in [-0.2, 0) is 6.67 Å². The molecule has 16 heavy (non-hydrogen) atoms. The molecule has 82 valence electrons. The zero-order chi connectivity index (χ0) is 11.5. The van der Waals surface area contributed by atoms with E-state index in [1.54, 1.807) is 6.07 Å². The Hall–Kier alpha value is -0.860. The third-order valence-electron chi connectivity index (χ3n) is 2.39. The van der Waals surface area contributed by atoms with E-state index < -0.39 is 6.67 Å². The van der Waals surface area contributed by atoms with Gasteiger partial charge in [-0.3, -0.25) is 0 Å². The molecule has 0 saturated heterocycles. The number of alkyl halides is 1. The summed E-state index contributed by atoms with van der Waals surface area (Å²) >= 11 is 9.62. The molecule has 0 fully saturated rings. The van der Waals surface area contributed by atoms with Crippen molar-refractivity contribution < 1.29 is 4.39 Å². The molecule has 0 N–H and O–H groups in total. The van der Waals surface area contributed by atoms with Crippen LogP contribution in [0.15, 0.2) is 46.9 Å². The third kappa shape index (κ3) is 2.13. The molecular weight excluding hydrogens is 290 g/mol. The van der Waals surface area contributed by atoms with E-state index in [2.05, 4.69) is 15.9 Å². The standard InChI is InChI=1S/C13H9BrClF/c14-12-7-2-1-5-10(12)11-6-3-4-9(8-16)13(11)15/h1-7H,8H2. The second-order valence-corrected chi connectivity index (χ2v) is 4.62. The van der Waals surface area contributed by atoms with Crippen molar-refractivity contribution in [2.45, 2.75) is 6.67 Å². The lowest BCUT2D eigenvalue weighted by Gasteiger charge is -2.09. The van der Waals surface area contributed by atoms with Gasteiger partial charge in [0.2, 0.25) is 0 Å². The van der Waals surface area contributed by atoms with Gasteiger partial charge in [-0.25, -0.2) is 4.39 Å². The summed E-state index contributed by atoms with van der Waals surface area (Å²) in [5.74, 6) is 0. The summed E-state index contributed by atoms with van der Waals surface area (Å²) < 4.78 is 13.6. The highest BCUT2D eigenvalue weighted by Crippen LogP contribution is 2.35. The highest BCUT2D eigenvalue weighted by Gasteiger charge is 2.09. The maximum atomic E-state index is 12.7. The van der Waals surface area contributed by atoms with Gasteiger partial charge in [0.25, 0.3) is 0 Å². The van der Waals surface area contributed by atoms with Gasteiger partial charge in [0.05, 0.1) is 5.02 Å². The molecule has 2 aromatic rings. The number of rotatable bonds is 2. The zero-order valence-corrected chi connectivity index (χ0v) is 10.7. The molecule has 0 spiro atoms. The first-order chi connectivity index (χ1) is 7.74. The van der Waals surface area contributed by atoms with Crippen molar-refractivity contribution >= 4 is 27.5 Å². The van der Waals surface area contributed by atoms with Crippen LogP contribution >= 0.6 is 27.5 Å². The maximum Gasteiger partial charge on any atom is 0.116 e. The third-order valence-corrected chi connectivity index (χ3v) is 3.52. The Morgan fingerprint density at radius 1 is 1.00 bits per heavy atom. The molecule has 0 aliphatic carbocycles. The van der Waals surface area contributed by atoms with Crippen molar-refractivity contribution in [2.24, 2.45) is 0 Å². The fourth-order valence-electron chi connectivity index (χ4n) is 1.57. The minimum absolute atomic E-state index is 0.483. The predicted molar refractivity (Wildman–Crippen MR) is 69.4 cm³/mol. The molecule has 0 bridgehead atoms. The van der Waals surface area contributed by atoms with Gasteiger partial charge < -0.3 is 0 Å². The van der Waals surface area contributed by atoms with Gasteiger partial charge in [-0.1, -0.05) is 63.9 Å². The molecule has 0 saturated carbocycles. The first kappa shape index (κ1) is 11.6. The van der Waals surface area contributed by atoms with Gasteiger partial charge in [-0.05, 0) is 11.6 Å². The summed E-state index contributed by atoms with van der Waals surface area (Å²) in [6.07, 6.45) is 0. The molecule has 0 amide bonds. The second-order valence-electron chi connectivity index (χ2n) is 3.39. The van der Waals surface area contributed by atoms with Crippen LogP contribution in [0.1, 0.15) is 5.56 Å². The lowest BCUT2D eigenvalue weighted by Crippen LogP contribution is -1.86. The van der Waals surface area contributed by atoms with Crippen molar-refractivity contribution in [3.8, 4) is 11.1 Å². The monoisotopic (exact) mass is 298 g/mol. The Morgan fingerprint density at radius 2 is 1.69 bits per heavy atom. The van der Waals surface area contributed by atoms with E-state index in [1.165, 1.54) is 0 Å². The average molecular weight is 300 g/mol. The van der Waals surface area contributed by atoms with E-state index in [0.717, 1.165) is 15.6 Å². The number of hydrogen-bond acceptors (Lipinski definition) is 0. The van der Waals surface area contributed by atoms with Crippen LogP contribution in [0.3, 0.4) is 0 Å². The van der Waals surface area contributed by atoms with Gasteiger partial charge in [-0.15, -0.1) is 0 Å². The maximum absolute atomic E-state index is 12.7. The van der Waals surface area contributed by atoms with E-state index >= 15 is 0 Å². The predicted octanol–water partition coefficient (Wildman–Crippen LogP) is 5.24. The summed E-state index contributed by atoms with van der Waals surface area (Å²) in [5, 5.41) is 0.483. The molecular formula is C13H9BrClF. The molecule has 0 aliphatic rings. The van der Waals surface area contributed by atoms with Gasteiger partial charge in [0.1, 0.15) is 6.67 Å². The molecule has 3 heteroatoms. The molecule has 0 heterocycles. The zero-order valence-electron chi connectivity index (χ0n) is 8.38. The summed E-state index contributed by atoms with van der Waals surface area (Å²) in [6.45, 7) is -0.545. The minimum Gasteiger partial charge on any atom is -0.246 e. The summed E-state index contributed by atoms with van der Waals surface area (Å²) in [4.78, 5) is 0. The molecule has 0 nitrogen and oxygen atoms in total. The first-order valence-electron chi connectivity index (χ1n) is 4.82. The number of benzene rings is 2. The first-order valence-corrected chi connectivity index (χ1v) is 5.99. The smallest absolute Gasteiger partial charge is 0.116 e. The summed E-state index contributed by atoms with van der Waals surface area (Å²) in [5.41, 5.74) is 2.35. The number of hydrogen-bond donors (Lipinski definition) is 0. The average Bonchev–Trinajstić information content (AvgIpc) is 2.31. The van der Waals surface area contributed by atoms with Crippen LogP contribution in [0.5, 0.6) is 0 Å². The van der Waals surface area contributed by atoms with Crippen LogP contribution in [-0.4, -0.2) is 0 Å². The Labute approximate surface area is 107 Å². The van der Waals surface area contributed by atoms with Crippen LogP contribution < -0.4 is 0 Å². The quantitative estimate of drug-likeness (QED) is 0.711. The molecule has 0 aromatic heterocycles. The Morgan fingerprint density at radius 3 is 2.38 bits per heavy atom. The normalized spacial score (nSPS) is 10.4. The van der Waals surface area contributed by atoms with Crippen LogP contribution in [0, 0.1) is 0 Å². The van der Waals surface area contributed by atoms with Gasteiger partial charge in [0, 0.05) is 15.6 Å². The van der Waals surface area contributed by atoms with Gasteiger partial charge >= 0.3 is 0 Å². The Kier molecular flexibility index (Phi) is 3.62. The molecule has 0 atom stereocenters. The Balaban J connectivity index is 2.61. The van der Waals surface area contributed by atoms with Crippen molar-refractivity contribution in [1.29, 1.82) is 0 Å². The molecule has 2 aromatic carbocycles. The van der Waals surface area contributed by atoms with Crippen molar-refractivity contribution in [2.75, 3.05) is 0 Å². The van der Waals surface area contributed by atoms with Gasteiger partial charge in [0.15, 0.2) is 0 Å². The van der Waals surface area contributed by atoms with Crippen molar-refractivity contribution in [3.05, 3.63) is 57.5 Å². The minimum atomic E-state index is -0.545. The largest absolute Gasteiger partial charge is 0.246 e. The van der Waals surface area contributed by atoms with Gasteiger partial charge in [-0.2, -0.15) is 0 Å². The van der Waals surface area contributed by atoms with E-state index in [-0.39, 0.29) is 0 Å². The van der Waals surface area contributed by atoms with E-state index in [4.69, 9.17) is 11.6 Å². The van der Waals surface area contributed by atoms with Crippen LogP contribution in [0.25, 0.3) is 11.1 Å². The van der Waals surface area contributed by atoms with E-state index in [1.807, 2.05) is 36.4 Å². The Bertz CT molecular complexity index is 511. The lowest BCUT2D eigenvalue weighted by molar-refractivity contribution is 0.485. The SMILES string of the molecule is FCc1cccc(-c2ccccc2Br)c1Cl. The highest BCUT2D eigenvalue weighted by molar-refractivity contribution is 9.10. The van der Waals surface area contributed by atoms with Crippen molar-refractivity contribution in [1.82, 2.24) is 0 Å². The topological polar surface area (TPSA) is 0 Å². The van der Waals surface area contributed by atoms with Crippen molar-refractivity contribution in [3.63, 3.8) is 0 Å². The lowest BCUT2D eigenvalue weighted by atomic mass is 10.0. The molecule has 0 aliphatic heterocycles. The molecule has 0 radical (unpaired) electrons. The fourth-order valence-corrected chi connectivity index (χ4v) is 2.35.